The van der Waals surface area contributed by atoms with E-state index < -0.39 is 0 Å². The highest BCUT2D eigenvalue weighted by atomic mass is 16.5. The largest absolute Gasteiger partial charge is 0.495 e. The summed E-state index contributed by atoms with van der Waals surface area (Å²) >= 11 is 0. The highest BCUT2D eigenvalue weighted by Gasteiger charge is 2.27. The van der Waals surface area contributed by atoms with E-state index in [1.165, 1.54) is 0 Å². The molecule has 36 heavy (non-hydrogen) atoms. The van der Waals surface area contributed by atoms with Crippen molar-refractivity contribution in [3.8, 4) is 5.75 Å². The van der Waals surface area contributed by atoms with Crippen LogP contribution in [0.25, 0.3) is 0 Å². The van der Waals surface area contributed by atoms with E-state index in [1.54, 1.807) is 43.5 Å². The van der Waals surface area contributed by atoms with Crippen molar-refractivity contribution >= 4 is 35.0 Å². The number of amides is 2. The minimum Gasteiger partial charge on any atom is -0.495 e. The second-order valence-electron chi connectivity index (χ2n) is 9.14. The van der Waals surface area contributed by atoms with Gasteiger partial charge in [-0.2, -0.15) is 4.98 Å². The maximum Gasteiger partial charge on any atom is 0.251 e. The fourth-order valence-corrected chi connectivity index (χ4v) is 4.31. The van der Waals surface area contributed by atoms with Gasteiger partial charge in [-0.15, -0.1) is 0 Å². The van der Waals surface area contributed by atoms with Crippen molar-refractivity contribution < 1.29 is 19.1 Å². The summed E-state index contributed by atoms with van der Waals surface area (Å²) in [4.78, 5) is 40.2. The number of fused-ring (bicyclic) bond motifs is 1. The molecule has 2 N–H and O–H groups in total. The Morgan fingerprint density at radius 2 is 2.00 bits per heavy atom. The maximum absolute atomic E-state index is 12.7. The Hall–Kier alpha value is -3.44. The lowest BCUT2D eigenvalue weighted by Gasteiger charge is -2.28. The number of benzene rings is 1. The zero-order valence-electron chi connectivity index (χ0n) is 21.4. The molecular formula is C25H35N7O4. The van der Waals surface area contributed by atoms with Crippen LogP contribution in [0, 0.1) is 0 Å². The molecule has 0 bridgehead atoms. The molecule has 0 aliphatic carbocycles. The van der Waals surface area contributed by atoms with Crippen LogP contribution in [0.4, 0.5) is 23.1 Å². The Labute approximate surface area is 211 Å². The van der Waals surface area contributed by atoms with E-state index in [4.69, 9.17) is 14.5 Å². The molecule has 0 saturated carbocycles. The number of nitrogens with zero attached hydrogens (tertiary/aromatic N) is 5. The molecule has 1 saturated heterocycles. The maximum atomic E-state index is 12.7. The predicted molar refractivity (Wildman–Crippen MR) is 138 cm³/mol. The zero-order chi connectivity index (χ0) is 25.7. The number of methoxy groups -OCH3 is 1. The molecule has 1 fully saturated rings. The lowest BCUT2D eigenvalue weighted by Crippen LogP contribution is -2.41. The van der Waals surface area contributed by atoms with Gasteiger partial charge in [0.25, 0.3) is 5.91 Å². The van der Waals surface area contributed by atoms with Gasteiger partial charge in [-0.3, -0.25) is 14.5 Å². The van der Waals surface area contributed by atoms with Crippen LogP contribution in [0.5, 0.6) is 5.75 Å². The van der Waals surface area contributed by atoms with Gasteiger partial charge >= 0.3 is 0 Å². The van der Waals surface area contributed by atoms with Crippen LogP contribution in [0.1, 0.15) is 30.6 Å². The number of anilines is 4. The summed E-state index contributed by atoms with van der Waals surface area (Å²) in [6.45, 7) is 9.32. The average molecular weight is 498 g/mol. The molecule has 0 atom stereocenters. The van der Waals surface area contributed by atoms with Gasteiger partial charge in [-0.25, -0.2) is 4.98 Å². The van der Waals surface area contributed by atoms with Crippen LogP contribution >= 0.6 is 0 Å². The highest BCUT2D eigenvalue weighted by Crippen LogP contribution is 2.33. The quantitative estimate of drug-likeness (QED) is 0.564. The van der Waals surface area contributed by atoms with E-state index in [0.717, 1.165) is 32.8 Å². The molecule has 11 heteroatoms. The summed E-state index contributed by atoms with van der Waals surface area (Å²) < 4.78 is 10.9. The summed E-state index contributed by atoms with van der Waals surface area (Å²) in [5.74, 6) is 1.45. The lowest BCUT2D eigenvalue weighted by molar-refractivity contribution is -0.118. The monoisotopic (exact) mass is 497 g/mol. The minimum absolute atomic E-state index is 0.0317. The van der Waals surface area contributed by atoms with Gasteiger partial charge in [0.15, 0.2) is 5.82 Å². The van der Waals surface area contributed by atoms with Crippen LogP contribution in [-0.4, -0.2) is 92.8 Å². The van der Waals surface area contributed by atoms with E-state index in [1.807, 2.05) is 0 Å². The molecule has 194 valence electrons. The van der Waals surface area contributed by atoms with Crippen molar-refractivity contribution in [3.63, 3.8) is 0 Å². The molecule has 2 aromatic rings. The van der Waals surface area contributed by atoms with E-state index in [0.29, 0.717) is 54.0 Å². The van der Waals surface area contributed by atoms with E-state index in [-0.39, 0.29) is 17.9 Å². The molecule has 0 spiro atoms. The minimum atomic E-state index is -0.158. The number of hydrogen-bond donors (Lipinski definition) is 2. The van der Waals surface area contributed by atoms with Gasteiger partial charge in [0.1, 0.15) is 11.4 Å². The van der Waals surface area contributed by atoms with Gasteiger partial charge in [0.2, 0.25) is 11.9 Å². The number of carbonyl (C=O) groups excluding carboxylic acids is 2. The van der Waals surface area contributed by atoms with Crippen molar-refractivity contribution in [2.45, 2.75) is 26.3 Å². The summed E-state index contributed by atoms with van der Waals surface area (Å²) in [6.07, 6.45) is 2.07. The Morgan fingerprint density at radius 1 is 1.22 bits per heavy atom. The number of aromatic nitrogens is 2. The average Bonchev–Trinajstić information content (AvgIpc) is 3.00. The molecule has 0 unspecified atom stereocenters. The SMILES string of the molecule is COc1cc(C(=O)NCCN2CCOCC2)ccc1Nc1ncc2c(n1)N(C(C)C)CCC(=O)N2C. The summed E-state index contributed by atoms with van der Waals surface area (Å²) in [5.41, 5.74) is 1.82. The Bertz CT molecular complexity index is 1090. The fourth-order valence-electron chi connectivity index (χ4n) is 4.31. The Balaban J connectivity index is 1.47. The second-order valence-corrected chi connectivity index (χ2v) is 9.14. The van der Waals surface area contributed by atoms with Crippen molar-refractivity contribution in [1.82, 2.24) is 20.2 Å². The van der Waals surface area contributed by atoms with Crippen LogP contribution in [-0.2, 0) is 9.53 Å². The number of hydrogen-bond acceptors (Lipinski definition) is 9. The molecule has 0 radical (unpaired) electrons. The molecule has 2 aliphatic heterocycles. The van der Waals surface area contributed by atoms with Crippen molar-refractivity contribution in [2.24, 2.45) is 0 Å². The van der Waals surface area contributed by atoms with Gasteiger partial charge in [-0.1, -0.05) is 0 Å². The van der Waals surface area contributed by atoms with Gasteiger partial charge in [-0.05, 0) is 32.0 Å². The van der Waals surface area contributed by atoms with Crippen molar-refractivity contribution in [1.29, 1.82) is 0 Å². The molecule has 2 aliphatic rings. The third kappa shape index (κ3) is 5.85. The first-order valence-electron chi connectivity index (χ1n) is 12.3. The molecule has 4 rings (SSSR count). The first-order chi connectivity index (χ1) is 17.4. The first kappa shape index (κ1) is 25.6. The second kappa shape index (κ2) is 11.5. The molecule has 2 amide bonds. The van der Waals surface area contributed by atoms with Gasteiger partial charge < -0.3 is 29.9 Å². The normalized spacial score (nSPS) is 16.5. The van der Waals surface area contributed by atoms with Crippen molar-refractivity contribution in [2.75, 3.05) is 75.2 Å². The first-order valence-corrected chi connectivity index (χ1v) is 12.3. The highest BCUT2D eigenvalue weighted by molar-refractivity contribution is 5.97. The number of carbonyl (C=O) groups is 2. The van der Waals surface area contributed by atoms with Crippen LogP contribution in [0.2, 0.25) is 0 Å². The van der Waals surface area contributed by atoms with E-state index in [9.17, 15) is 9.59 Å². The van der Waals surface area contributed by atoms with Crippen LogP contribution < -0.4 is 25.2 Å². The summed E-state index contributed by atoms with van der Waals surface area (Å²) in [5, 5.41) is 6.17. The van der Waals surface area contributed by atoms with E-state index >= 15 is 0 Å². The number of morpholine rings is 1. The fraction of sp³-hybridized carbons (Fsp3) is 0.520. The molecule has 1 aromatic carbocycles. The van der Waals surface area contributed by atoms with Gasteiger partial charge in [0.05, 0.1) is 32.2 Å². The standard InChI is InChI=1S/C25H35N7O4/c1-17(2)32-9-7-22(33)30(3)20-16-27-25(29-23(20)32)28-19-6-5-18(15-21(19)35-4)24(34)26-8-10-31-11-13-36-14-12-31/h5-6,15-17H,7-14H2,1-4H3,(H,26,34)(H,27,28,29). The van der Waals surface area contributed by atoms with Crippen LogP contribution in [0.15, 0.2) is 24.4 Å². The number of nitrogens with one attached hydrogen (secondary N) is 2. The number of rotatable bonds is 8. The molecule has 1 aromatic heterocycles. The molecular weight excluding hydrogens is 462 g/mol. The number of ether oxygens (including phenoxy) is 2. The Morgan fingerprint density at radius 3 is 2.72 bits per heavy atom. The topological polar surface area (TPSA) is 112 Å². The lowest BCUT2D eigenvalue weighted by atomic mass is 10.1. The smallest absolute Gasteiger partial charge is 0.251 e. The summed E-state index contributed by atoms with van der Waals surface area (Å²) in [7, 11) is 3.30. The van der Waals surface area contributed by atoms with Crippen LogP contribution in [0.3, 0.4) is 0 Å². The predicted octanol–water partition coefficient (Wildman–Crippen LogP) is 1.87. The Kier molecular flexibility index (Phi) is 8.21. The third-order valence-electron chi connectivity index (χ3n) is 6.47. The zero-order valence-corrected chi connectivity index (χ0v) is 21.4. The third-order valence-corrected chi connectivity index (χ3v) is 6.47. The molecule has 11 nitrogen and oxygen atoms in total. The van der Waals surface area contributed by atoms with E-state index in [2.05, 4.69) is 39.3 Å². The van der Waals surface area contributed by atoms with Crippen molar-refractivity contribution in [3.05, 3.63) is 30.0 Å². The van der Waals surface area contributed by atoms with Gasteiger partial charge in [0, 0.05) is 57.8 Å². The molecule has 3 heterocycles. The summed E-state index contributed by atoms with van der Waals surface area (Å²) in [6, 6.07) is 5.38.